The molecule has 19 heavy (non-hydrogen) atoms. The van der Waals surface area contributed by atoms with Crippen LogP contribution >= 0.6 is 11.6 Å². The summed E-state index contributed by atoms with van der Waals surface area (Å²) >= 11 is 5.89. The third kappa shape index (κ3) is 2.30. The van der Waals surface area contributed by atoms with E-state index in [4.69, 9.17) is 22.1 Å². The monoisotopic (exact) mass is 280 g/mol. The predicted octanol–water partition coefficient (Wildman–Crippen LogP) is 2.32. The molecule has 2 fully saturated rings. The summed E-state index contributed by atoms with van der Waals surface area (Å²) in [5.74, 6) is 0.0311. The predicted molar refractivity (Wildman–Crippen MR) is 74.3 cm³/mol. The number of carbonyl (C=O) groups is 1. The summed E-state index contributed by atoms with van der Waals surface area (Å²) in [5.41, 5.74) is 6.82. The summed E-state index contributed by atoms with van der Waals surface area (Å²) in [6, 6.07) is 5.29. The molecule has 2 N–H and O–H groups in total. The highest BCUT2D eigenvalue weighted by molar-refractivity contribution is 6.33. The number of nitrogens with zero attached hydrogens (tertiary/aromatic N) is 1. The number of benzene rings is 1. The van der Waals surface area contributed by atoms with Gasteiger partial charge in [-0.2, -0.15) is 0 Å². The Bertz CT molecular complexity index is 506. The van der Waals surface area contributed by atoms with Gasteiger partial charge in [-0.25, -0.2) is 0 Å². The van der Waals surface area contributed by atoms with Gasteiger partial charge >= 0.3 is 0 Å². The molecule has 0 bridgehead atoms. The fourth-order valence-corrected chi connectivity index (χ4v) is 3.14. The van der Waals surface area contributed by atoms with E-state index in [1.807, 2.05) is 4.90 Å². The molecule has 0 aromatic heterocycles. The zero-order chi connectivity index (χ0) is 13.4. The molecule has 1 aliphatic heterocycles. The van der Waals surface area contributed by atoms with Crippen LogP contribution in [0.3, 0.4) is 0 Å². The van der Waals surface area contributed by atoms with Gasteiger partial charge < -0.3 is 15.4 Å². The molecular formula is C14H17ClN2O2. The van der Waals surface area contributed by atoms with Crippen molar-refractivity contribution >= 4 is 23.2 Å². The van der Waals surface area contributed by atoms with Gasteiger partial charge in [0.2, 0.25) is 0 Å². The summed E-state index contributed by atoms with van der Waals surface area (Å²) in [7, 11) is 0. The zero-order valence-corrected chi connectivity index (χ0v) is 11.4. The number of halogens is 1. The molecule has 2 unspecified atom stereocenters. The van der Waals surface area contributed by atoms with Crippen LogP contribution in [0.2, 0.25) is 5.02 Å². The first-order valence-corrected chi connectivity index (χ1v) is 7.02. The van der Waals surface area contributed by atoms with Crippen molar-refractivity contribution in [2.45, 2.75) is 31.4 Å². The van der Waals surface area contributed by atoms with E-state index in [0.717, 1.165) is 19.3 Å². The molecule has 1 aromatic carbocycles. The molecule has 1 saturated carbocycles. The number of anilines is 1. The maximum Gasteiger partial charge on any atom is 0.254 e. The van der Waals surface area contributed by atoms with Crippen LogP contribution < -0.4 is 5.73 Å². The Morgan fingerprint density at radius 1 is 1.42 bits per heavy atom. The van der Waals surface area contributed by atoms with Crippen LogP contribution in [0.5, 0.6) is 0 Å². The number of nitrogen functional groups attached to an aromatic ring is 1. The molecule has 4 nitrogen and oxygen atoms in total. The van der Waals surface area contributed by atoms with Crippen LogP contribution in [-0.4, -0.2) is 36.1 Å². The Morgan fingerprint density at radius 2 is 2.26 bits per heavy atom. The lowest BCUT2D eigenvalue weighted by Crippen LogP contribution is -2.51. The average Bonchev–Trinajstić information content (AvgIpc) is 2.89. The Hall–Kier alpha value is -1.26. The standard InChI is InChI=1S/C14H17ClN2O2/c15-10-5-4-9(8-11(10)16)14(18)17-6-7-19-13-3-1-2-12(13)17/h4-5,8,12-13H,1-3,6-7,16H2. The molecular weight excluding hydrogens is 264 g/mol. The molecule has 2 atom stereocenters. The molecule has 1 amide bonds. The van der Waals surface area contributed by atoms with Crippen LogP contribution in [0, 0.1) is 0 Å². The van der Waals surface area contributed by atoms with Crippen LogP contribution in [0.15, 0.2) is 18.2 Å². The van der Waals surface area contributed by atoms with Gasteiger partial charge in [0.1, 0.15) is 0 Å². The van der Waals surface area contributed by atoms with Gasteiger partial charge in [-0.05, 0) is 37.5 Å². The third-order valence-corrected chi connectivity index (χ3v) is 4.33. The molecule has 102 valence electrons. The second-order valence-corrected chi connectivity index (χ2v) is 5.55. The van der Waals surface area contributed by atoms with Gasteiger partial charge in [0.15, 0.2) is 0 Å². The normalized spacial score (nSPS) is 26.3. The second kappa shape index (κ2) is 5.02. The van der Waals surface area contributed by atoms with Crippen molar-refractivity contribution in [3.63, 3.8) is 0 Å². The highest BCUT2D eigenvalue weighted by Gasteiger charge is 2.38. The molecule has 5 heteroatoms. The molecule has 1 saturated heterocycles. The Kier molecular flexibility index (Phi) is 3.37. The highest BCUT2D eigenvalue weighted by Crippen LogP contribution is 2.31. The van der Waals surface area contributed by atoms with E-state index < -0.39 is 0 Å². The number of nitrogens with two attached hydrogens (primary N) is 1. The molecule has 3 rings (SSSR count). The quantitative estimate of drug-likeness (QED) is 0.803. The Morgan fingerprint density at radius 3 is 3.05 bits per heavy atom. The zero-order valence-electron chi connectivity index (χ0n) is 10.6. The summed E-state index contributed by atoms with van der Waals surface area (Å²) < 4.78 is 5.72. The fourth-order valence-electron chi connectivity index (χ4n) is 3.02. The lowest BCUT2D eigenvalue weighted by Gasteiger charge is -2.37. The van der Waals surface area contributed by atoms with Gasteiger partial charge in [-0.3, -0.25) is 4.79 Å². The molecule has 0 spiro atoms. The van der Waals surface area contributed by atoms with Crippen molar-refractivity contribution in [1.82, 2.24) is 4.90 Å². The topological polar surface area (TPSA) is 55.6 Å². The van der Waals surface area contributed by atoms with Crippen LogP contribution in [0.25, 0.3) is 0 Å². The second-order valence-electron chi connectivity index (χ2n) is 5.14. The fraction of sp³-hybridized carbons (Fsp3) is 0.500. The summed E-state index contributed by atoms with van der Waals surface area (Å²) in [6.07, 6.45) is 3.42. The number of hydrogen-bond acceptors (Lipinski definition) is 3. The number of ether oxygens (including phenoxy) is 1. The third-order valence-electron chi connectivity index (χ3n) is 3.99. The number of fused-ring (bicyclic) bond motifs is 1. The van der Waals surface area contributed by atoms with E-state index in [2.05, 4.69) is 0 Å². The lowest BCUT2D eigenvalue weighted by atomic mass is 10.1. The first kappa shape index (κ1) is 12.8. The van der Waals surface area contributed by atoms with Gasteiger partial charge in [0, 0.05) is 12.1 Å². The smallest absolute Gasteiger partial charge is 0.254 e. The van der Waals surface area contributed by atoms with E-state index in [1.54, 1.807) is 18.2 Å². The largest absolute Gasteiger partial charge is 0.398 e. The SMILES string of the molecule is Nc1cc(C(=O)N2CCOC3CCCC32)ccc1Cl. The van der Waals surface area contributed by atoms with Crippen molar-refractivity contribution < 1.29 is 9.53 Å². The summed E-state index contributed by atoms with van der Waals surface area (Å²) in [4.78, 5) is 14.5. The van der Waals surface area contributed by atoms with E-state index in [0.29, 0.717) is 29.4 Å². The minimum Gasteiger partial charge on any atom is -0.398 e. The van der Waals surface area contributed by atoms with Gasteiger partial charge in [-0.15, -0.1) is 0 Å². The number of rotatable bonds is 1. The summed E-state index contributed by atoms with van der Waals surface area (Å²) in [6.45, 7) is 1.28. The van der Waals surface area contributed by atoms with E-state index in [1.165, 1.54) is 0 Å². The summed E-state index contributed by atoms with van der Waals surface area (Å²) in [5, 5.41) is 0.484. The van der Waals surface area contributed by atoms with Gasteiger partial charge in [0.25, 0.3) is 5.91 Å². The van der Waals surface area contributed by atoms with Crippen molar-refractivity contribution in [1.29, 1.82) is 0 Å². The Labute approximate surface area is 117 Å². The van der Waals surface area contributed by atoms with Crippen LogP contribution in [0.1, 0.15) is 29.6 Å². The highest BCUT2D eigenvalue weighted by atomic mass is 35.5. The molecule has 2 aliphatic rings. The average molecular weight is 281 g/mol. The van der Waals surface area contributed by atoms with Crippen LogP contribution in [-0.2, 0) is 4.74 Å². The molecule has 1 aromatic rings. The Balaban J connectivity index is 1.84. The van der Waals surface area contributed by atoms with Crippen LogP contribution in [0.4, 0.5) is 5.69 Å². The minimum atomic E-state index is 0.0311. The van der Waals surface area contributed by atoms with E-state index in [-0.39, 0.29) is 18.1 Å². The van der Waals surface area contributed by atoms with Crippen molar-refractivity contribution in [3.8, 4) is 0 Å². The minimum absolute atomic E-state index is 0.0311. The first-order valence-electron chi connectivity index (χ1n) is 6.64. The molecule has 1 aliphatic carbocycles. The van der Waals surface area contributed by atoms with E-state index in [9.17, 15) is 4.79 Å². The first-order chi connectivity index (χ1) is 9.16. The number of carbonyl (C=O) groups excluding carboxylic acids is 1. The van der Waals surface area contributed by atoms with Gasteiger partial charge in [-0.1, -0.05) is 11.6 Å². The maximum atomic E-state index is 12.6. The lowest BCUT2D eigenvalue weighted by molar-refractivity contribution is -0.0445. The molecule has 0 radical (unpaired) electrons. The van der Waals surface area contributed by atoms with Gasteiger partial charge in [0.05, 0.1) is 29.5 Å². The van der Waals surface area contributed by atoms with Crippen molar-refractivity contribution in [2.75, 3.05) is 18.9 Å². The number of hydrogen-bond donors (Lipinski definition) is 1. The molecule has 1 heterocycles. The van der Waals surface area contributed by atoms with Crippen molar-refractivity contribution in [2.24, 2.45) is 0 Å². The van der Waals surface area contributed by atoms with E-state index >= 15 is 0 Å². The number of amides is 1. The maximum absolute atomic E-state index is 12.6. The number of morpholine rings is 1. The van der Waals surface area contributed by atoms with Crippen molar-refractivity contribution in [3.05, 3.63) is 28.8 Å².